The normalized spacial score (nSPS) is 16.8. The number of pyridine rings is 2. The maximum atomic E-state index is 13.8. The Morgan fingerprint density at radius 2 is 1.90 bits per heavy atom. The first-order valence-corrected chi connectivity index (χ1v) is 10.1. The summed E-state index contributed by atoms with van der Waals surface area (Å²) in [5.41, 5.74) is 1.21. The molecule has 7 heteroatoms. The van der Waals surface area contributed by atoms with Gasteiger partial charge in [0.05, 0.1) is 12.2 Å². The molecule has 1 amide bonds. The lowest BCUT2D eigenvalue weighted by molar-refractivity contribution is -0.117. The van der Waals surface area contributed by atoms with E-state index >= 15 is 0 Å². The summed E-state index contributed by atoms with van der Waals surface area (Å²) in [6.07, 6.45) is 3.74. The number of hydrogen-bond donors (Lipinski definition) is 2. The third kappa shape index (κ3) is 5.18. The molecule has 2 aromatic heterocycles. The van der Waals surface area contributed by atoms with E-state index in [1.165, 1.54) is 6.07 Å². The third-order valence-electron chi connectivity index (χ3n) is 5.13. The van der Waals surface area contributed by atoms with Crippen molar-refractivity contribution in [1.29, 1.82) is 0 Å². The van der Waals surface area contributed by atoms with Gasteiger partial charge in [-0.3, -0.25) is 9.69 Å². The van der Waals surface area contributed by atoms with E-state index in [9.17, 15) is 9.18 Å². The summed E-state index contributed by atoms with van der Waals surface area (Å²) in [5.74, 6) is 1.10. The number of para-hydroxylation sites is 1. The summed E-state index contributed by atoms with van der Waals surface area (Å²) in [6.45, 7) is 1.81. The lowest BCUT2D eigenvalue weighted by Gasteiger charge is -2.32. The number of benzene rings is 1. The van der Waals surface area contributed by atoms with Crippen LogP contribution in [0.4, 0.5) is 21.7 Å². The van der Waals surface area contributed by atoms with Crippen LogP contribution in [0.5, 0.6) is 0 Å². The fraction of sp³-hybridized carbons (Fsp3) is 0.261. The number of rotatable bonds is 6. The molecule has 1 saturated heterocycles. The van der Waals surface area contributed by atoms with E-state index < -0.39 is 5.82 Å². The van der Waals surface area contributed by atoms with Crippen molar-refractivity contribution in [3.05, 3.63) is 78.4 Å². The van der Waals surface area contributed by atoms with Crippen molar-refractivity contribution < 1.29 is 9.18 Å². The van der Waals surface area contributed by atoms with Gasteiger partial charge < -0.3 is 10.6 Å². The molecule has 1 fully saturated rings. The van der Waals surface area contributed by atoms with Gasteiger partial charge in [0.25, 0.3) is 0 Å². The lowest BCUT2D eigenvalue weighted by Crippen LogP contribution is -2.40. The number of likely N-dealkylation sites (tertiary alicyclic amines) is 1. The van der Waals surface area contributed by atoms with Crippen molar-refractivity contribution in [2.45, 2.75) is 18.8 Å². The second-order valence-electron chi connectivity index (χ2n) is 7.39. The Balaban J connectivity index is 1.37. The molecule has 3 aromatic rings. The number of nitrogens with one attached hydrogen (secondary N) is 2. The SMILES string of the molecule is O=C(CN1CCC[C@H](c2cccc(Nc3ccccn3)n2)C1)Nc1ccccc1F. The van der Waals surface area contributed by atoms with Crippen molar-refractivity contribution in [3.63, 3.8) is 0 Å². The van der Waals surface area contributed by atoms with Crippen molar-refractivity contribution in [2.24, 2.45) is 0 Å². The van der Waals surface area contributed by atoms with Crippen molar-refractivity contribution in [3.8, 4) is 0 Å². The minimum absolute atomic E-state index is 0.209. The van der Waals surface area contributed by atoms with Gasteiger partial charge in [0.15, 0.2) is 0 Å². The van der Waals surface area contributed by atoms with Crippen LogP contribution in [0.25, 0.3) is 0 Å². The number of hydrogen-bond acceptors (Lipinski definition) is 5. The summed E-state index contributed by atoms with van der Waals surface area (Å²) in [4.78, 5) is 23.5. The number of carbonyl (C=O) groups excluding carboxylic acids is 1. The molecular weight excluding hydrogens is 381 g/mol. The number of amides is 1. The summed E-state index contributed by atoms with van der Waals surface area (Å²) in [7, 11) is 0. The largest absolute Gasteiger partial charge is 0.325 e. The first kappa shape index (κ1) is 20.0. The minimum atomic E-state index is -0.427. The van der Waals surface area contributed by atoms with Gasteiger partial charge in [-0.05, 0) is 55.8 Å². The first-order valence-electron chi connectivity index (χ1n) is 10.1. The van der Waals surface area contributed by atoms with Crippen molar-refractivity contribution >= 4 is 23.2 Å². The first-order chi connectivity index (χ1) is 14.7. The summed E-state index contributed by atoms with van der Waals surface area (Å²) in [6, 6.07) is 17.8. The van der Waals surface area contributed by atoms with Crippen LogP contribution >= 0.6 is 0 Å². The molecule has 0 aliphatic carbocycles. The van der Waals surface area contributed by atoms with E-state index in [-0.39, 0.29) is 24.1 Å². The number of aromatic nitrogens is 2. The molecule has 0 spiro atoms. The zero-order chi connectivity index (χ0) is 20.8. The van der Waals surface area contributed by atoms with Gasteiger partial charge in [-0.1, -0.05) is 24.3 Å². The fourth-order valence-corrected chi connectivity index (χ4v) is 3.71. The molecule has 0 unspecified atom stereocenters. The van der Waals surface area contributed by atoms with Gasteiger partial charge in [0, 0.05) is 24.4 Å². The Kier molecular flexibility index (Phi) is 6.29. The van der Waals surface area contributed by atoms with Crippen molar-refractivity contribution in [2.75, 3.05) is 30.3 Å². The van der Waals surface area contributed by atoms with Gasteiger partial charge in [-0.2, -0.15) is 0 Å². The van der Waals surface area contributed by atoms with Crippen LogP contribution in [-0.2, 0) is 4.79 Å². The molecule has 0 saturated carbocycles. The maximum Gasteiger partial charge on any atom is 0.238 e. The van der Waals surface area contributed by atoms with Crippen molar-refractivity contribution in [1.82, 2.24) is 14.9 Å². The van der Waals surface area contributed by atoms with Crippen LogP contribution in [0, 0.1) is 5.82 Å². The molecule has 0 radical (unpaired) electrons. The van der Waals surface area contributed by atoms with Gasteiger partial charge >= 0.3 is 0 Å². The van der Waals surface area contributed by atoms with Gasteiger partial charge in [-0.25, -0.2) is 14.4 Å². The second kappa shape index (κ2) is 9.45. The molecule has 2 N–H and O–H groups in total. The van der Waals surface area contributed by atoms with Crippen LogP contribution < -0.4 is 10.6 Å². The zero-order valence-corrected chi connectivity index (χ0v) is 16.6. The lowest BCUT2D eigenvalue weighted by atomic mass is 9.94. The van der Waals surface area contributed by atoms with Crippen LogP contribution in [0.2, 0.25) is 0 Å². The number of halogens is 1. The van der Waals surface area contributed by atoms with E-state index in [1.54, 1.807) is 24.4 Å². The highest BCUT2D eigenvalue weighted by atomic mass is 19.1. The number of nitrogens with zero attached hydrogens (tertiary/aromatic N) is 3. The van der Waals surface area contributed by atoms with E-state index in [2.05, 4.69) is 20.5 Å². The van der Waals surface area contributed by atoms with E-state index in [1.807, 2.05) is 36.4 Å². The number of carbonyl (C=O) groups is 1. The number of piperidine rings is 1. The fourth-order valence-electron chi connectivity index (χ4n) is 3.71. The Morgan fingerprint density at radius 1 is 1.07 bits per heavy atom. The van der Waals surface area contributed by atoms with E-state index in [0.717, 1.165) is 43.3 Å². The monoisotopic (exact) mass is 405 g/mol. The summed E-state index contributed by atoms with van der Waals surface area (Å²) in [5, 5.41) is 5.88. The standard InChI is InChI=1S/C23H24FN5O/c24-18-8-1-2-9-20(18)27-23(30)16-29-14-6-7-17(15-29)19-10-5-12-22(26-19)28-21-11-3-4-13-25-21/h1-5,8-13,17H,6-7,14-16H2,(H,27,30)(H,25,26,28)/t17-/m0/s1. The van der Waals surface area contributed by atoms with E-state index in [0.29, 0.717) is 0 Å². The highest BCUT2D eigenvalue weighted by molar-refractivity contribution is 5.92. The maximum absolute atomic E-state index is 13.8. The van der Waals surface area contributed by atoms with Crippen LogP contribution in [0.1, 0.15) is 24.5 Å². The Bertz CT molecular complexity index is 998. The topological polar surface area (TPSA) is 70.2 Å². The van der Waals surface area contributed by atoms with Crippen LogP contribution in [-0.4, -0.2) is 40.4 Å². The molecule has 1 aliphatic rings. The Hall–Kier alpha value is -3.32. The smallest absolute Gasteiger partial charge is 0.238 e. The molecule has 6 nitrogen and oxygen atoms in total. The highest BCUT2D eigenvalue weighted by Gasteiger charge is 2.24. The Labute approximate surface area is 175 Å². The average Bonchev–Trinajstić information content (AvgIpc) is 2.76. The minimum Gasteiger partial charge on any atom is -0.325 e. The molecule has 1 atom stereocenters. The number of anilines is 3. The van der Waals surface area contributed by atoms with Crippen LogP contribution in [0.3, 0.4) is 0 Å². The molecule has 1 aromatic carbocycles. The highest BCUT2D eigenvalue weighted by Crippen LogP contribution is 2.27. The second-order valence-corrected chi connectivity index (χ2v) is 7.39. The molecule has 0 bridgehead atoms. The van der Waals surface area contributed by atoms with Gasteiger partial charge in [0.1, 0.15) is 17.5 Å². The van der Waals surface area contributed by atoms with E-state index in [4.69, 9.17) is 4.98 Å². The summed E-state index contributed by atoms with van der Waals surface area (Å²) >= 11 is 0. The molecule has 4 rings (SSSR count). The average molecular weight is 405 g/mol. The molecule has 30 heavy (non-hydrogen) atoms. The Morgan fingerprint density at radius 3 is 2.73 bits per heavy atom. The molecule has 3 heterocycles. The quantitative estimate of drug-likeness (QED) is 0.644. The van der Waals surface area contributed by atoms with Gasteiger partial charge in [0.2, 0.25) is 5.91 Å². The molecule has 1 aliphatic heterocycles. The predicted octanol–water partition coefficient (Wildman–Crippen LogP) is 4.18. The molecular formula is C23H24FN5O. The van der Waals surface area contributed by atoms with Gasteiger partial charge in [-0.15, -0.1) is 0 Å². The molecule has 154 valence electrons. The zero-order valence-electron chi connectivity index (χ0n) is 16.6. The summed E-state index contributed by atoms with van der Waals surface area (Å²) < 4.78 is 13.8. The predicted molar refractivity (Wildman–Crippen MR) is 115 cm³/mol. The van der Waals surface area contributed by atoms with Crippen LogP contribution in [0.15, 0.2) is 66.9 Å². The third-order valence-corrected chi connectivity index (χ3v) is 5.13.